The predicted octanol–water partition coefficient (Wildman–Crippen LogP) is 1.96. The summed E-state index contributed by atoms with van der Waals surface area (Å²) in [5.41, 5.74) is 6.45. The molecule has 0 aromatic carbocycles. The SMILES string of the molecule is CSC(C)(C)CNC(=O)c1ccc(N)cn1.Cl. The summed E-state index contributed by atoms with van der Waals surface area (Å²) >= 11 is 1.71. The molecule has 1 rings (SSSR count). The van der Waals surface area contributed by atoms with Crippen LogP contribution in [-0.4, -0.2) is 28.4 Å². The summed E-state index contributed by atoms with van der Waals surface area (Å²) in [7, 11) is 0. The molecule has 4 nitrogen and oxygen atoms in total. The molecule has 0 fully saturated rings. The van der Waals surface area contributed by atoms with E-state index >= 15 is 0 Å². The molecule has 17 heavy (non-hydrogen) atoms. The van der Waals surface area contributed by atoms with Crippen molar-refractivity contribution in [2.24, 2.45) is 0 Å². The summed E-state index contributed by atoms with van der Waals surface area (Å²) in [6.45, 7) is 4.77. The maximum atomic E-state index is 11.7. The zero-order chi connectivity index (χ0) is 12.2. The van der Waals surface area contributed by atoms with Gasteiger partial charge in [-0.05, 0) is 32.2 Å². The first-order valence-electron chi connectivity index (χ1n) is 4.99. The molecular weight excluding hydrogens is 258 g/mol. The second kappa shape index (κ2) is 6.71. The van der Waals surface area contributed by atoms with Crippen LogP contribution in [0.2, 0.25) is 0 Å². The number of rotatable bonds is 4. The molecule has 0 aliphatic heterocycles. The van der Waals surface area contributed by atoms with Gasteiger partial charge in [0, 0.05) is 11.3 Å². The molecule has 1 aromatic rings. The van der Waals surface area contributed by atoms with Crippen LogP contribution >= 0.6 is 24.2 Å². The van der Waals surface area contributed by atoms with E-state index in [0.29, 0.717) is 17.9 Å². The van der Waals surface area contributed by atoms with Crippen LogP contribution in [-0.2, 0) is 0 Å². The van der Waals surface area contributed by atoms with E-state index in [1.807, 2.05) is 6.26 Å². The highest BCUT2D eigenvalue weighted by Gasteiger charge is 2.17. The van der Waals surface area contributed by atoms with E-state index in [1.54, 1.807) is 23.9 Å². The maximum absolute atomic E-state index is 11.7. The molecule has 1 aromatic heterocycles. The zero-order valence-electron chi connectivity index (χ0n) is 10.2. The minimum Gasteiger partial charge on any atom is -0.397 e. The number of thioether (sulfide) groups is 1. The zero-order valence-corrected chi connectivity index (χ0v) is 11.8. The van der Waals surface area contributed by atoms with Gasteiger partial charge in [0.15, 0.2) is 0 Å². The summed E-state index contributed by atoms with van der Waals surface area (Å²) in [6.07, 6.45) is 3.50. The van der Waals surface area contributed by atoms with Crippen LogP contribution in [0.5, 0.6) is 0 Å². The summed E-state index contributed by atoms with van der Waals surface area (Å²) in [5.74, 6) is -0.165. The lowest BCUT2D eigenvalue weighted by atomic mass is 10.2. The molecule has 0 atom stereocenters. The number of hydrogen-bond acceptors (Lipinski definition) is 4. The lowest BCUT2D eigenvalue weighted by Crippen LogP contribution is -2.36. The number of nitrogens with two attached hydrogens (primary N) is 1. The van der Waals surface area contributed by atoms with Crippen molar-refractivity contribution in [3.05, 3.63) is 24.0 Å². The number of hydrogen-bond donors (Lipinski definition) is 2. The number of nitrogen functional groups attached to an aromatic ring is 1. The van der Waals surface area contributed by atoms with Crippen molar-refractivity contribution in [3.63, 3.8) is 0 Å². The van der Waals surface area contributed by atoms with Crippen molar-refractivity contribution in [1.82, 2.24) is 10.3 Å². The predicted molar refractivity (Wildman–Crippen MR) is 75.8 cm³/mol. The fraction of sp³-hybridized carbons (Fsp3) is 0.455. The number of nitrogens with zero attached hydrogens (tertiary/aromatic N) is 1. The largest absolute Gasteiger partial charge is 0.397 e. The van der Waals surface area contributed by atoms with E-state index in [9.17, 15) is 4.79 Å². The van der Waals surface area contributed by atoms with Gasteiger partial charge in [-0.1, -0.05) is 0 Å². The topological polar surface area (TPSA) is 68.0 Å². The highest BCUT2D eigenvalue weighted by molar-refractivity contribution is 7.99. The van der Waals surface area contributed by atoms with Gasteiger partial charge in [-0.15, -0.1) is 12.4 Å². The lowest BCUT2D eigenvalue weighted by molar-refractivity contribution is 0.0946. The van der Waals surface area contributed by atoms with Gasteiger partial charge in [-0.3, -0.25) is 4.79 Å². The van der Waals surface area contributed by atoms with E-state index in [4.69, 9.17) is 5.73 Å². The van der Waals surface area contributed by atoms with Crippen molar-refractivity contribution in [1.29, 1.82) is 0 Å². The Balaban J connectivity index is 0.00000256. The van der Waals surface area contributed by atoms with Gasteiger partial charge in [-0.25, -0.2) is 4.98 Å². The number of halogens is 1. The van der Waals surface area contributed by atoms with Gasteiger partial charge in [0.05, 0.1) is 11.9 Å². The number of carbonyl (C=O) groups is 1. The Morgan fingerprint density at radius 1 is 1.53 bits per heavy atom. The lowest BCUT2D eigenvalue weighted by Gasteiger charge is -2.21. The van der Waals surface area contributed by atoms with Crippen LogP contribution in [0.3, 0.4) is 0 Å². The van der Waals surface area contributed by atoms with Crippen LogP contribution in [0, 0.1) is 0 Å². The van der Waals surface area contributed by atoms with Gasteiger partial charge >= 0.3 is 0 Å². The molecule has 0 aliphatic carbocycles. The third-order valence-corrected chi connectivity index (χ3v) is 3.50. The minimum absolute atomic E-state index is 0. The number of carbonyl (C=O) groups excluding carboxylic acids is 1. The highest BCUT2D eigenvalue weighted by Crippen LogP contribution is 2.19. The van der Waals surface area contributed by atoms with Crippen LogP contribution in [0.15, 0.2) is 18.3 Å². The van der Waals surface area contributed by atoms with Crippen LogP contribution in [0.25, 0.3) is 0 Å². The second-order valence-electron chi connectivity index (χ2n) is 4.12. The summed E-state index contributed by atoms with van der Waals surface area (Å²) in [6, 6.07) is 3.29. The standard InChI is InChI=1S/C11H17N3OS.ClH/c1-11(2,16-3)7-14-10(15)9-5-4-8(12)6-13-9;/h4-6H,7,12H2,1-3H3,(H,14,15);1H. The molecule has 0 aliphatic rings. The summed E-state index contributed by atoms with van der Waals surface area (Å²) in [4.78, 5) is 15.7. The second-order valence-corrected chi connectivity index (χ2v) is 5.64. The van der Waals surface area contributed by atoms with Crippen molar-refractivity contribution in [2.45, 2.75) is 18.6 Å². The third-order valence-electron chi connectivity index (χ3n) is 2.25. The average Bonchev–Trinajstić information content (AvgIpc) is 2.27. The molecule has 0 radical (unpaired) electrons. The van der Waals surface area contributed by atoms with Crippen molar-refractivity contribution >= 4 is 35.8 Å². The molecular formula is C11H18ClN3OS. The Morgan fingerprint density at radius 3 is 2.65 bits per heavy atom. The van der Waals surface area contributed by atoms with E-state index in [-0.39, 0.29) is 23.1 Å². The highest BCUT2D eigenvalue weighted by atomic mass is 35.5. The van der Waals surface area contributed by atoms with E-state index < -0.39 is 0 Å². The van der Waals surface area contributed by atoms with Gasteiger partial charge in [0.2, 0.25) is 0 Å². The fourth-order valence-electron chi connectivity index (χ4n) is 0.995. The van der Waals surface area contributed by atoms with Gasteiger partial charge in [-0.2, -0.15) is 11.8 Å². The molecule has 0 saturated carbocycles. The van der Waals surface area contributed by atoms with Gasteiger partial charge < -0.3 is 11.1 Å². The van der Waals surface area contributed by atoms with Gasteiger partial charge in [0.25, 0.3) is 5.91 Å². The number of aromatic nitrogens is 1. The number of nitrogens with one attached hydrogen (secondary N) is 1. The molecule has 3 N–H and O–H groups in total. The summed E-state index contributed by atoms with van der Waals surface area (Å²) < 4.78 is 0.0312. The van der Waals surface area contributed by atoms with E-state index in [1.165, 1.54) is 6.20 Å². The normalized spacial score (nSPS) is 10.5. The van der Waals surface area contributed by atoms with Crippen LogP contribution in [0.4, 0.5) is 5.69 Å². The quantitative estimate of drug-likeness (QED) is 0.881. The first kappa shape index (κ1) is 16.1. The molecule has 6 heteroatoms. The molecule has 0 bridgehead atoms. The smallest absolute Gasteiger partial charge is 0.269 e. The average molecular weight is 276 g/mol. The maximum Gasteiger partial charge on any atom is 0.269 e. The van der Waals surface area contributed by atoms with Crippen molar-refractivity contribution in [3.8, 4) is 0 Å². The first-order chi connectivity index (χ1) is 7.44. The fourth-order valence-corrected chi connectivity index (χ4v) is 1.21. The Labute approximate surface area is 112 Å². The Hall–Kier alpha value is -0.940. The number of amides is 1. The summed E-state index contributed by atoms with van der Waals surface area (Å²) in [5, 5.41) is 2.85. The van der Waals surface area contributed by atoms with Gasteiger partial charge in [0.1, 0.15) is 5.69 Å². The van der Waals surface area contributed by atoms with Crippen LogP contribution in [0.1, 0.15) is 24.3 Å². The molecule has 0 spiro atoms. The molecule has 0 unspecified atom stereocenters. The minimum atomic E-state index is -0.165. The molecule has 96 valence electrons. The van der Waals surface area contributed by atoms with Crippen molar-refractivity contribution in [2.75, 3.05) is 18.5 Å². The molecule has 0 saturated heterocycles. The molecule has 1 heterocycles. The number of anilines is 1. The van der Waals surface area contributed by atoms with E-state index in [2.05, 4.69) is 24.1 Å². The van der Waals surface area contributed by atoms with E-state index in [0.717, 1.165) is 0 Å². The Kier molecular flexibility index (Phi) is 6.34. The third kappa shape index (κ3) is 5.28. The first-order valence-corrected chi connectivity index (χ1v) is 6.22. The number of pyridine rings is 1. The Bertz CT molecular complexity index is 367. The van der Waals surface area contributed by atoms with Crippen molar-refractivity contribution < 1.29 is 4.79 Å². The monoisotopic (exact) mass is 275 g/mol. The van der Waals surface area contributed by atoms with Crippen LogP contribution < -0.4 is 11.1 Å². The Morgan fingerprint density at radius 2 is 2.18 bits per heavy atom. The molecule has 1 amide bonds.